The van der Waals surface area contributed by atoms with Crippen molar-refractivity contribution in [2.24, 2.45) is 0 Å². The number of hydrogen-bond acceptors (Lipinski definition) is 3. The molecule has 3 aromatic rings. The average molecular weight is 342 g/mol. The van der Waals surface area contributed by atoms with E-state index in [1.165, 1.54) is 19.6 Å². The Hall–Kier alpha value is -1.55. The maximum absolute atomic E-state index is 6.45. The Morgan fingerprint density at radius 2 is 1.36 bits per heavy atom. The van der Waals surface area contributed by atoms with Crippen molar-refractivity contribution in [1.29, 1.82) is 0 Å². The summed E-state index contributed by atoms with van der Waals surface area (Å²) in [6.45, 7) is 0. The van der Waals surface area contributed by atoms with E-state index in [2.05, 4.69) is 35.6 Å². The summed E-state index contributed by atoms with van der Waals surface area (Å²) in [5, 5.41) is 4.21. The van der Waals surface area contributed by atoms with E-state index in [1.807, 2.05) is 36.4 Å². The minimum absolute atomic E-state index is 0.745. The van der Waals surface area contributed by atoms with Gasteiger partial charge in [0.25, 0.3) is 0 Å². The first-order valence-corrected chi connectivity index (χ1v) is 8.92. The van der Waals surface area contributed by atoms with Crippen LogP contribution in [0.1, 0.15) is 0 Å². The van der Waals surface area contributed by atoms with Crippen molar-refractivity contribution in [2.45, 2.75) is 19.6 Å². The Balaban J connectivity index is 1.78. The van der Waals surface area contributed by atoms with Crippen LogP contribution in [0.5, 0.6) is 0 Å². The largest absolute Gasteiger partial charge is 0.353 e. The van der Waals surface area contributed by atoms with Crippen LogP contribution in [-0.2, 0) is 0 Å². The van der Waals surface area contributed by atoms with Crippen molar-refractivity contribution in [1.82, 2.24) is 0 Å². The van der Waals surface area contributed by atoms with E-state index in [0.29, 0.717) is 0 Å². The van der Waals surface area contributed by atoms with Crippen LogP contribution in [0.2, 0.25) is 5.02 Å². The molecule has 1 aliphatic rings. The molecule has 1 heterocycles. The number of fused-ring (bicyclic) bond motifs is 2. The van der Waals surface area contributed by atoms with Crippen molar-refractivity contribution in [3.63, 3.8) is 0 Å². The van der Waals surface area contributed by atoms with Crippen LogP contribution in [-0.4, -0.2) is 0 Å². The summed E-state index contributed by atoms with van der Waals surface area (Å²) in [4.78, 5) is 5.01. The lowest BCUT2D eigenvalue weighted by molar-refractivity contribution is 1.16. The Labute approximate surface area is 143 Å². The molecule has 0 spiro atoms. The first-order valence-electron chi connectivity index (χ1n) is 6.90. The second-order valence-electron chi connectivity index (χ2n) is 4.89. The SMILES string of the molecule is Clc1ccc2c(c1Nc1ccccc1)Sc1ccccc1S2. The van der Waals surface area contributed by atoms with E-state index in [-0.39, 0.29) is 0 Å². The van der Waals surface area contributed by atoms with Gasteiger partial charge in [-0.15, -0.1) is 0 Å². The Bertz CT molecular complexity index is 831. The number of anilines is 2. The van der Waals surface area contributed by atoms with Crippen LogP contribution >= 0.6 is 35.1 Å². The van der Waals surface area contributed by atoms with E-state index in [9.17, 15) is 0 Å². The summed E-state index contributed by atoms with van der Waals surface area (Å²) >= 11 is 10.0. The molecule has 0 amide bonds. The van der Waals surface area contributed by atoms with Gasteiger partial charge in [-0.05, 0) is 36.4 Å². The number of halogens is 1. The van der Waals surface area contributed by atoms with Crippen molar-refractivity contribution in [3.05, 3.63) is 71.8 Å². The average Bonchev–Trinajstić information content (AvgIpc) is 2.57. The highest BCUT2D eigenvalue weighted by molar-refractivity contribution is 8.05. The summed E-state index contributed by atoms with van der Waals surface area (Å²) in [5.41, 5.74) is 2.03. The third-order valence-electron chi connectivity index (χ3n) is 3.39. The molecule has 0 fully saturated rings. The third kappa shape index (κ3) is 2.60. The third-order valence-corrected chi connectivity index (χ3v) is 6.31. The van der Waals surface area contributed by atoms with Gasteiger partial charge in [0.05, 0.1) is 15.6 Å². The van der Waals surface area contributed by atoms with Crippen LogP contribution in [0.25, 0.3) is 0 Å². The van der Waals surface area contributed by atoms with Crippen LogP contribution in [0.4, 0.5) is 11.4 Å². The molecule has 108 valence electrons. The molecule has 0 saturated heterocycles. The topological polar surface area (TPSA) is 12.0 Å². The van der Waals surface area contributed by atoms with E-state index in [0.717, 1.165) is 16.4 Å². The summed E-state index contributed by atoms with van der Waals surface area (Å²) in [6, 6.07) is 22.7. The molecule has 3 aromatic carbocycles. The van der Waals surface area contributed by atoms with Crippen molar-refractivity contribution >= 4 is 46.5 Å². The van der Waals surface area contributed by atoms with Crippen LogP contribution in [0.15, 0.2) is 86.3 Å². The monoisotopic (exact) mass is 341 g/mol. The van der Waals surface area contributed by atoms with Crippen molar-refractivity contribution in [3.8, 4) is 0 Å². The van der Waals surface area contributed by atoms with Gasteiger partial charge in [0, 0.05) is 20.4 Å². The molecule has 0 atom stereocenters. The first-order chi connectivity index (χ1) is 10.8. The zero-order valence-electron chi connectivity index (χ0n) is 11.5. The van der Waals surface area contributed by atoms with E-state index in [1.54, 1.807) is 23.5 Å². The zero-order chi connectivity index (χ0) is 14.9. The Morgan fingerprint density at radius 1 is 0.682 bits per heavy atom. The molecule has 0 radical (unpaired) electrons. The molecule has 1 nitrogen and oxygen atoms in total. The predicted octanol–water partition coefficient (Wildman–Crippen LogP) is 6.70. The van der Waals surface area contributed by atoms with Crippen LogP contribution < -0.4 is 5.32 Å². The summed E-state index contributed by atoms with van der Waals surface area (Å²) in [6.07, 6.45) is 0. The molecule has 22 heavy (non-hydrogen) atoms. The van der Waals surface area contributed by atoms with Gasteiger partial charge in [-0.3, -0.25) is 0 Å². The van der Waals surface area contributed by atoms with Crippen molar-refractivity contribution < 1.29 is 0 Å². The van der Waals surface area contributed by atoms with Gasteiger partial charge >= 0.3 is 0 Å². The number of benzene rings is 3. The molecule has 0 aromatic heterocycles. The zero-order valence-corrected chi connectivity index (χ0v) is 13.9. The maximum atomic E-state index is 6.45. The van der Waals surface area contributed by atoms with Gasteiger partial charge in [-0.25, -0.2) is 0 Å². The summed E-state index contributed by atoms with van der Waals surface area (Å²) in [5.74, 6) is 0. The minimum Gasteiger partial charge on any atom is -0.353 e. The van der Waals surface area contributed by atoms with Crippen molar-refractivity contribution in [2.75, 3.05) is 5.32 Å². The van der Waals surface area contributed by atoms with Gasteiger partial charge in [-0.2, -0.15) is 0 Å². The normalized spacial score (nSPS) is 12.4. The second-order valence-corrected chi connectivity index (χ2v) is 7.43. The minimum atomic E-state index is 0.745. The molecular formula is C18H12ClNS2. The highest BCUT2D eigenvalue weighted by Gasteiger charge is 2.21. The summed E-state index contributed by atoms with van der Waals surface area (Å²) in [7, 11) is 0. The molecule has 1 N–H and O–H groups in total. The quantitative estimate of drug-likeness (QED) is 0.435. The highest BCUT2D eigenvalue weighted by Crippen LogP contribution is 2.52. The number of hydrogen-bond donors (Lipinski definition) is 1. The number of para-hydroxylation sites is 1. The lowest BCUT2D eigenvalue weighted by Gasteiger charge is -2.22. The maximum Gasteiger partial charge on any atom is 0.0726 e. The van der Waals surface area contributed by atoms with E-state index < -0.39 is 0 Å². The van der Waals surface area contributed by atoms with Gasteiger partial charge in [-0.1, -0.05) is 65.5 Å². The first kappa shape index (κ1) is 14.1. The number of rotatable bonds is 2. The number of nitrogens with one attached hydrogen (secondary N) is 1. The van der Waals surface area contributed by atoms with Gasteiger partial charge in [0.15, 0.2) is 0 Å². The lowest BCUT2D eigenvalue weighted by atomic mass is 10.2. The van der Waals surface area contributed by atoms with Crippen LogP contribution in [0, 0.1) is 0 Å². The highest BCUT2D eigenvalue weighted by atomic mass is 35.5. The smallest absolute Gasteiger partial charge is 0.0726 e. The molecule has 4 heteroatoms. The molecule has 4 rings (SSSR count). The van der Waals surface area contributed by atoms with E-state index in [4.69, 9.17) is 11.6 Å². The van der Waals surface area contributed by atoms with Crippen LogP contribution in [0.3, 0.4) is 0 Å². The van der Waals surface area contributed by atoms with Gasteiger partial charge in [0.2, 0.25) is 0 Å². The molecule has 0 unspecified atom stereocenters. The summed E-state index contributed by atoms with van der Waals surface area (Å²) < 4.78 is 0. The Morgan fingerprint density at radius 3 is 2.14 bits per heavy atom. The molecular weight excluding hydrogens is 330 g/mol. The molecule has 0 aliphatic carbocycles. The fourth-order valence-electron chi connectivity index (χ4n) is 2.35. The van der Waals surface area contributed by atoms with Gasteiger partial charge in [0.1, 0.15) is 0 Å². The lowest BCUT2D eigenvalue weighted by Crippen LogP contribution is -1.97. The van der Waals surface area contributed by atoms with Gasteiger partial charge < -0.3 is 5.32 Å². The molecule has 0 saturated carbocycles. The standard InChI is InChI=1S/C18H12ClNS2/c19-13-10-11-16-18(17(13)20-12-6-2-1-3-7-12)22-15-9-5-4-8-14(15)21-16/h1-11,20H. The second kappa shape index (κ2) is 5.92. The van der Waals surface area contributed by atoms with E-state index >= 15 is 0 Å². The fourth-order valence-corrected chi connectivity index (χ4v) is 4.96. The molecule has 0 bridgehead atoms. The predicted molar refractivity (Wildman–Crippen MR) is 95.9 cm³/mol. The Kier molecular flexibility index (Phi) is 3.78. The fraction of sp³-hybridized carbons (Fsp3) is 0. The molecule has 1 aliphatic heterocycles.